The molecule has 33 heavy (non-hydrogen) atoms. The molecule has 0 unspecified atom stereocenters. The lowest BCUT2D eigenvalue weighted by Gasteiger charge is -2.32. The normalized spacial score (nSPS) is 16.8. The summed E-state index contributed by atoms with van der Waals surface area (Å²) in [5.74, 6) is -0.537. The van der Waals surface area contributed by atoms with Gasteiger partial charge in [0.1, 0.15) is 6.54 Å². The number of carbonyl (C=O) groups is 3. The highest BCUT2D eigenvalue weighted by molar-refractivity contribution is 6.39. The van der Waals surface area contributed by atoms with Crippen LogP contribution in [0.1, 0.15) is 21.5 Å². The zero-order valence-corrected chi connectivity index (χ0v) is 18.9. The van der Waals surface area contributed by atoms with E-state index >= 15 is 0 Å². The van der Waals surface area contributed by atoms with E-state index in [1.165, 1.54) is 5.01 Å². The van der Waals surface area contributed by atoms with Crippen molar-refractivity contribution in [3.63, 3.8) is 0 Å². The summed E-state index contributed by atoms with van der Waals surface area (Å²) in [6.07, 6.45) is 0. The zero-order valence-electron chi connectivity index (χ0n) is 18.9. The van der Waals surface area contributed by atoms with Gasteiger partial charge in [-0.25, -0.2) is 5.01 Å². The summed E-state index contributed by atoms with van der Waals surface area (Å²) in [5, 5.41) is 4.14. The Morgan fingerprint density at radius 1 is 1.00 bits per heavy atom. The van der Waals surface area contributed by atoms with E-state index in [9.17, 15) is 14.4 Å². The topological polar surface area (TPSA) is 97.3 Å². The fraction of sp³-hybridized carbons (Fsp3) is 0.333. The van der Waals surface area contributed by atoms with E-state index in [2.05, 4.69) is 27.7 Å². The van der Waals surface area contributed by atoms with Gasteiger partial charge in [-0.1, -0.05) is 29.8 Å². The SMILES string of the molecule is Cc1ccc(N2NC(C(=O)NCc3ccc(C(=O)N4CCN(C)CC4)cc3)=NCC2=O)cc1. The maximum Gasteiger partial charge on any atom is 0.288 e. The minimum atomic E-state index is -0.405. The lowest BCUT2D eigenvalue weighted by atomic mass is 10.1. The number of rotatable bonds is 5. The van der Waals surface area contributed by atoms with Crippen LogP contribution in [0.15, 0.2) is 53.5 Å². The van der Waals surface area contributed by atoms with Gasteiger partial charge < -0.3 is 15.1 Å². The number of likely N-dealkylation sites (N-methyl/N-ethyl adjacent to an activating group) is 1. The van der Waals surface area contributed by atoms with Gasteiger partial charge >= 0.3 is 0 Å². The molecule has 0 atom stereocenters. The maximum absolute atomic E-state index is 12.7. The number of piperazine rings is 1. The number of amidine groups is 1. The van der Waals surface area contributed by atoms with Crippen LogP contribution < -0.4 is 15.8 Å². The Morgan fingerprint density at radius 2 is 1.67 bits per heavy atom. The predicted octanol–water partition coefficient (Wildman–Crippen LogP) is 0.949. The Bertz CT molecular complexity index is 1060. The van der Waals surface area contributed by atoms with Crippen LogP contribution in [0.2, 0.25) is 0 Å². The molecular weight excluding hydrogens is 420 g/mol. The summed E-state index contributed by atoms with van der Waals surface area (Å²) >= 11 is 0. The molecule has 2 aromatic rings. The van der Waals surface area contributed by atoms with E-state index < -0.39 is 5.91 Å². The molecule has 0 saturated carbocycles. The van der Waals surface area contributed by atoms with Gasteiger partial charge in [0, 0.05) is 38.3 Å². The number of nitrogens with one attached hydrogen (secondary N) is 2. The Balaban J connectivity index is 1.32. The number of hydrogen-bond donors (Lipinski definition) is 2. The molecule has 2 heterocycles. The average Bonchev–Trinajstić information content (AvgIpc) is 2.84. The smallest absolute Gasteiger partial charge is 0.288 e. The monoisotopic (exact) mass is 448 g/mol. The van der Waals surface area contributed by atoms with Crippen molar-refractivity contribution in [1.29, 1.82) is 0 Å². The van der Waals surface area contributed by atoms with Crippen LogP contribution in [0.25, 0.3) is 0 Å². The lowest BCUT2D eigenvalue weighted by Crippen LogP contribution is -2.55. The standard InChI is InChI=1S/C24H28N6O3/c1-17-3-9-20(10-4-17)30-21(31)16-25-22(27-30)23(32)26-15-18-5-7-19(8-6-18)24(33)29-13-11-28(2)12-14-29/h3-10H,11-16H2,1-2H3,(H,25,27)(H,26,32). The highest BCUT2D eigenvalue weighted by atomic mass is 16.2. The fourth-order valence-corrected chi connectivity index (χ4v) is 3.67. The van der Waals surface area contributed by atoms with Gasteiger partial charge in [-0.05, 0) is 43.8 Å². The Hall–Kier alpha value is -3.72. The quantitative estimate of drug-likeness (QED) is 0.710. The molecule has 9 nitrogen and oxygen atoms in total. The van der Waals surface area contributed by atoms with E-state index in [0.29, 0.717) is 11.3 Å². The Morgan fingerprint density at radius 3 is 2.33 bits per heavy atom. The third-order valence-corrected chi connectivity index (χ3v) is 5.79. The van der Waals surface area contributed by atoms with Crippen LogP contribution >= 0.6 is 0 Å². The molecule has 2 N–H and O–H groups in total. The predicted molar refractivity (Wildman–Crippen MR) is 126 cm³/mol. The fourth-order valence-electron chi connectivity index (χ4n) is 3.67. The number of aliphatic imine (C=N–C) groups is 1. The van der Waals surface area contributed by atoms with Gasteiger partial charge in [0.05, 0.1) is 5.69 Å². The van der Waals surface area contributed by atoms with Gasteiger partial charge in [0.2, 0.25) is 5.84 Å². The van der Waals surface area contributed by atoms with Crippen molar-refractivity contribution in [2.75, 3.05) is 44.8 Å². The average molecular weight is 449 g/mol. The summed E-state index contributed by atoms with van der Waals surface area (Å²) in [5.41, 5.74) is 6.03. The van der Waals surface area contributed by atoms with Gasteiger partial charge in [-0.3, -0.25) is 24.8 Å². The third-order valence-electron chi connectivity index (χ3n) is 5.79. The molecule has 3 amide bonds. The Kier molecular flexibility index (Phi) is 6.69. The second kappa shape index (κ2) is 9.83. The van der Waals surface area contributed by atoms with Crippen molar-refractivity contribution < 1.29 is 14.4 Å². The summed E-state index contributed by atoms with van der Waals surface area (Å²) in [6, 6.07) is 14.7. The molecule has 0 spiro atoms. The van der Waals surface area contributed by atoms with Crippen molar-refractivity contribution in [3.8, 4) is 0 Å². The zero-order chi connectivity index (χ0) is 23.4. The minimum Gasteiger partial charge on any atom is -0.345 e. The molecule has 0 radical (unpaired) electrons. The maximum atomic E-state index is 12.7. The first-order valence-corrected chi connectivity index (χ1v) is 11.0. The number of hydrazine groups is 1. The molecule has 2 aliphatic rings. The van der Waals surface area contributed by atoms with Crippen molar-refractivity contribution in [2.45, 2.75) is 13.5 Å². The molecule has 0 aromatic heterocycles. The number of amides is 3. The van der Waals surface area contributed by atoms with Crippen LogP contribution in [-0.4, -0.2) is 73.1 Å². The van der Waals surface area contributed by atoms with Crippen molar-refractivity contribution >= 4 is 29.2 Å². The highest BCUT2D eigenvalue weighted by Crippen LogP contribution is 2.15. The third kappa shape index (κ3) is 5.38. The second-order valence-corrected chi connectivity index (χ2v) is 8.32. The lowest BCUT2D eigenvalue weighted by molar-refractivity contribution is -0.118. The van der Waals surface area contributed by atoms with E-state index in [4.69, 9.17) is 0 Å². The largest absolute Gasteiger partial charge is 0.345 e. The van der Waals surface area contributed by atoms with Crippen LogP contribution in [0.4, 0.5) is 5.69 Å². The van der Waals surface area contributed by atoms with Crippen molar-refractivity contribution in [2.24, 2.45) is 4.99 Å². The molecule has 2 aromatic carbocycles. The van der Waals surface area contributed by atoms with Crippen molar-refractivity contribution in [1.82, 2.24) is 20.5 Å². The second-order valence-electron chi connectivity index (χ2n) is 8.32. The minimum absolute atomic E-state index is 0.0281. The molecule has 9 heteroatoms. The first-order chi connectivity index (χ1) is 15.9. The number of anilines is 1. The van der Waals surface area contributed by atoms with E-state index in [1.807, 2.05) is 48.2 Å². The first-order valence-electron chi connectivity index (χ1n) is 11.0. The number of benzene rings is 2. The summed E-state index contributed by atoms with van der Waals surface area (Å²) in [6.45, 7) is 5.34. The van der Waals surface area contributed by atoms with Crippen molar-refractivity contribution in [3.05, 3.63) is 65.2 Å². The van der Waals surface area contributed by atoms with E-state index in [1.54, 1.807) is 12.1 Å². The number of nitrogens with zero attached hydrogens (tertiary/aromatic N) is 4. The van der Waals surface area contributed by atoms with Gasteiger partial charge in [0.15, 0.2) is 0 Å². The van der Waals surface area contributed by atoms with Gasteiger partial charge in [0.25, 0.3) is 17.7 Å². The van der Waals surface area contributed by atoms with E-state index in [-0.39, 0.29) is 30.7 Å². The molecule has 4 rings (SSSR count). The van der Waals surface area contributed by atoms with E-state index in [0.717, 1.165) is 37.3 Å². The summed E-state index contributed by atoms with van der Waals surface area (Å²) < 4.78 is 0. The Labute approximate surface area is 193 Å². The van der Waals surface area contributed by atoms with Crippen LogP contribution in [0, 0.1) is 6.92 Å². The number of aryl methyl sites for hydroxylation is 1. The highest BCUT2D eigenvalue weighted by Gasteiger charge is 2.25. The summed E-state index contributed by atoms with van der Waals surface area (Å²) in [7, 11) is 2.05. The number of hydrogen-bond acceptors (Lipinski definition) is 6. The summed E-state index contributed by atoms with van der Waals surface area (Å²) in [4.78, 5) is 45.6. The molecule has 0 bridgehead atoms. The molecular formula is C24H28N6O3. The van der Waals surface area contributed by atoms with Gasteiger partial charge in [-0.15, -0.1) is 0 Å². The molecule has 172 valence electrons. The molecule has 1 saturated heterocycles. The molecule has 1 fully saturated rings. The number of carbonyl (C=O) groups excluding carboxylic acids is 3. The van der Waals surface area contributed by atoms with Crippen LogP contribution in [0.3, 0.4) is 0 Å². The molecule has 2 aliphatic heterocycles. The molecule has 0 aliphatic carbocycles. The van der Waals surface area contributed by atoms with Crippen LogP contribution in [-0.2, 0) is 16.1 Å². The van der Waals surface area contributed by atoms with Crippen LogP contribution in [0.5, 0.6) is 0 Å². The van der Waals surface area contributed by atoms with Gasteiger partial charge in [-0.2, -0.15) is 0 Å². The first kappa shape index (κ1) is 22.5.